The van der Waals surface area contributed by atoms with Gasteiger partial charge < -0.3 is 0 Å². The zero-order valence-corrected chi connectivity index (χ0v) is 10.3. The average molecular weight is 202 g/mol. The van der Waals surface area contributed by atoms with Gasteiger partial charge in [0.15, 0.2) is 0 Å². The highest BCUT2D eigenvalue weighted by Crippen LogP contribution is 2.10. The van der Waals surface area contributed by atoms with Crippen molar-refractivity contribution < 1.29 is 13.2 Å². The van der Waals surface area contributed by atoms with E-state index in [1.165, 1.54) is 6.55 Å². The summed E-state index contributed by atoms with van der Waals surface area (Å²) in [4.78, 5) is 0. The van der Waals surface area contributed by atoms with Crippen LogP contribution in [-0.2, 0) is 0 Å². The molecule has 0 unspecified atom stereocenters. The van der Waals surface area contributed by atoms with Crippen LogP contribution in [-0.4, -0.2) is 23.4 Å². The van der Waals surface area contributed by atoms with E-state index < -0.39 is 23.4 Å². The quantitative estimate of drug-likeness (QED) is 0.530. The molecule has 0 N–H and O–H groups in total. The Morgan fingerprint density at radius 2 is 1.09 bits per heavy atom. The van der Waals surface area contributed by atoms with Crippen LogP contribution in [0.4, 0.5) is 13.2 Å². The van der Waals surface area contributed by atoms with Crippen LogP contribution in [0.25, 0.3) is 0 Å². The van der Waals surface area contributed by atoms with Crippen molar-refractivity contribution in [3.8, 4) is 0 Å². The average Bonchev–Trinajstić information content (AvgIpc) is 1.59. The summed E-state index contributed by atoms with van der Waals surface area (Å²) < 4.78 is 32.5. The van der Waals surface area contributed by atoms with Crippen molar-refractivity contribution in [1.82, 2.24) is 0 Å². The first-order valence-corrected chi connectivity index (χ1v) is 9.75. The second-order valence-corrected chi connectivity index (χ2v) is 11.5. The molecule has 0 aliphatic carbocycles. The fraction of sp³-hybridized carbons (Fsp3) is 1.00. The molecule has 70 valence electrons. The van der Waals surface area contributed by atoms with Crippen molar-refractivity contribution >= 4 is 17.6 Å². The van der Waals surface area contributed by atoms with Gasteiger partial charge in [0.2, 0.25) is 0 Å². The van der Waals surface area contributed by atoms with E-state index in [1.54, 1.807) is 0 Å². The van der Waals surface area contributed by atoms with Gasteiger partial charge in [0.1, 0.15) is 9.52 Å². The molecule has 0 radical (unpaired) electrons. The molecule has 0 aromatic carbocycles. The van der Waals surface area contributed by atoms with E-state index in [0.717, 1.165) is 0 Å². The van der Waals surface area contributed by atoms with Crippen molar-refractivity contribution in [2.24, 2.45) is 0 Å². The second kappa shape index (κ2) is 4.97. The Bertz CT molecular complexity index is 87.0. The predicted octanol–water partition coefficient (Wildman–Crippen LogP) is 2.68. The van der Waals surface area contributed by atoms with Gasteiger partial charge >= 0.3 is 5.80 Å². The molecule has 0 heterocycles. The van der Waals surface area contributed by atoms with Gasteiger partial charge in [0.05, 0.1) is 0 Å². The van der Waals surface area contributed by atoms with Gasteiger partial charge in [0, 0.05) is 8.07 Å². The SMILES string of the molecule is C[SiH2]C(F)(F)F.C[Si](C)(C)C. The van der Waals surface area contributed by atoms with Gasteiger partial charge in [0.25, 0.3) is 0 Å². The summed E-state index contributed by atoms with van der Waals surface area (Å²) in [6.45, 7) is 10.5. The highest BCUT2D eigenvalue weighted by molar-refractivity contribution is 6.74. The number of rotatable bonds is 0. The normalized spacial score (nSPS) is 13.1. The molecular weight excluding hydrogens is 185 g/mol. The first-order valence-electron chi connectivity index (χ1n) is 3.63. The predicted molar refractivity (Wildman–Crippen MR) is 49.7 cm³/mol. The summed E-state index contributed by atoms with van der Waals surface area (Å²) in [6, 6.07) is 0. The summed E-state index contributed by atoms with van der Waals surface area (Å²) >= 11 is 0. The lowest BCUT2D eigenvalue weighted by molar-refractivity contribution is -0.0464. The number of halogens is 3. The molecule has 0 saturated heterocycles. The van der Waals surface area contributed by atoms with Gasteiger partial charge in [-0.25, -0.2) is 0 Å². The van der Waals surface area contributed by atoms with Crippen LogP contribution in [0.5, 0.6) is 0 Å². The van der Waals surface area contributed by atoms with Crippen LogP contribution in [0.3, 0.4) is 0 Å². The lowest BCUT2D eigenvalue weighted by Crippen LogP contribution is -2.13. The molecule has 0 spiro atoms. The van der Waals surface area contributed by atoms with E-state index in [0.29, 0.717) is 0 Å². The molecule has 0 nitrogen and oxygen atoms in total. The minimum absolute atomic E-state index is 0.611. The first kappa shape index (κ1) is 13.8. The van der Waals surface area contributed by atoms with E-state index in [2.05, 4.69) is 26.2 Å². The monoisotopic (exact) mass is 202 g/mol. The van der Waals surface area contributed by atoms with Crippen molar-refractivity contribution in [3.05, 3.63) is 0 Å². The molecule has 0 aliphatic rings. The van der Waals surface area contributed by atoms with Gasteiger partial charge in [-0.3, -0.25) is 0 Å². The van der Waals surface area contributed by atoms with Gasteiger partial charge in [-0.05, 0) is 0 Å². The third kappa shape index (κ3) is 66.5. The third-order valence-electron chi connectivity index (χ3n) is 0.401. The van der Waals surface area contributed by atoms with Crippen molar-refractivity contribution in [3.63, 3.8) is 0 Å². The standard InChI is InChI=1S/C4H12Si.C2H5F3Si/c1-5(2,3)4;1-6-2(3,4)5/h1-4H3;6H2,1H3. The molecule has 0 aliphatic heterocycles. The fourth-order valence-electron chi connectivity index (χ4n) is 0. The zero-order valence-electron chi connectivity index (χ0n) is 7.84. The molecule has 0 saturated carbocycles. The number of alkyl halides is 3. The highest BCUT2D eigenvalue weighted by atomic mass is 28.3. The molecule has 0 rings (SSSR count). The molecule has 0 fully saturated rings. The summed E-state index contributed by atoms with van der Waals surface area (Å²) in [5, 5.41) is 0. The zero-order chi connectivity index (χ0) is 9.71. The van der Waals surface area contributed by atoms with Crippen molar-refractivity contribution in [1.29, 1.82) is 0 Å². The lowest BCUT2D eigenvalue weighted by Gasteiger charge is -2.01. The number of hydrogen-bond donors (Lipinski definition) is 0. The van der Waals surface area contributed by atoms with Gasteiger partial charge in [-0.15, -0.1) is 0 Å². The van der Waals surface area contributed by atoms with Crippen LogP contribution < -0.4 is 0 Å². The van der Waals surface area contributed by atoms with Crippen LogP contribution in [0.15, 0.2) is 0 Å². The maximum absolute atomic E-state index is 10.8. The maximum atomic E-state index is 10.8. The van der Waals surface area contributed by atoms with Crippen molar-refractivity contribution in [2.45, 2.75) is 38.5 Å². The van der Waals surface area contributed by atoms with Crippen molar-refractivity contribution in [2.75, 3.05) is 0 Å². The molecule has 11 heavy (non-hydrogen) atoms. The van der Waals surface area contributed by atoms with E-state index in [1.807, 2.05) is 0 Å². The third-order valence-corrected chi connectivity index (χ3v) is 1.20. The van der Waals surface area contributed by atoms with Gasteiger partial charge in [-0.1, -0.05) is 32.7 Å². The van der Waals surface area contributed by atoms with E-state index in [-0.39, 0.29) is 0 Å². The second-order valence-electron chi connectivity index (χ2n) is 3.97. The van der Waals surface area contributed by atoms with Crippen LogP contribution in [0, 0.1) is 0 Å². The first-order chi connectivity index (χ1) is 4.56. The molecular formula is C6H17F3Si2. The van der Waals surface area contributed by atoms with E-state index >= 15 is 0 Å². The summed E-state index contributed by atoms with van der Waals surface area (Å²) in [6.07, 6.45) is 0. The Morgan fingerprint density at radius 1 is 1.00 bits per heavy atom. The molecule has 0 atom stereocenters. The highest BCUT2D eigenvalue weighted by Gasteiger charge is 2.22. The minimum Gasteiger partial charge on any atom is -0.178 e. The van der Waals surface area contributed by atoms with E-state index in [9.17, 15) is 13.2 Å². The Kier molecular flexibility index (Phi) is 6.24. The maximum Gasteiger partial charge on any atom is 0.354 e. The smallest absolute Gasteiger partial charge is 0.178 e. The van der Waals surface area contributed by atoms with E-state index in [4.69, 9.17) is 0 Å². The summed E-state index contributed by atoms with van der Waals surface area (Å²) in [5.41, 5.74) is 0. The Labute approximate surface area is 70.0 Å². The molecule has 5 heteroatoms. The Balaban J connectivity index is 0. The van der Waals surface area contributed by atoms with Crippen LogP contribution in [0.1, 0.15) is 0 Å². The fourth-order valence-corrected chi connectivity index (χ4v) is 0. The summed E-state index contributed by atoms with van der Waals surface area (Å²) in [7, 11) is -2.36. The molecule has 0 aromatic rings. The lowest BCUT2D eigenvalue weighted by atomic mass is 11.5. The molecule has 0 aromatic heterocycles. The number of hydrogen-bond acceptors (Lipinski definition) is 0. The summed E-state index contributed by atoms with van der Waals surface area (Å²) in [5.74, 6) is -3.82. The molecule has 0 amide bonds. The Hall–Kier alpha value is 0.224. The Morgan fingerprint density at radius 3 is 1.09 bits per heavy atom. The van der Waals surface area contributed by atoms with Gasteiger partial charge in [-0.2, -0.15) is 13.2 Å². The topological polar surface area (TPSA) is 0 Å². The van der Waals surface area contributed by atoms with Crippen LogP contribution >= 0.6 is 0 Å². The van der Waals surface area contributed by atoms with Crippen LogP contribution in [0.2, 0.25) is 32.7 Å². The minimum atomic E-state index is -3.82. The largest absolute Gasteiger partial charge is 0.354 e. The molecule has 0 bridgehead atoms.